The third kappa shape index (κ3) is 6.12. The number of carbonyl (C=O) groups excluding carboxylic acids is 2. The summed E-state index contributed by atoms with van der Waals surface area (Å²) in [6.07, 6.45) is -4.79. The number of nitriles is 1. The monoisotopic (exact) mass is 504 g/mol. The summed E-state index contributed by atoms with van der Waals surface area (Å²) >= 11 is 0. The van der Waals surface area contributed by atoms with Crippen LogP contribution in [0, 0.1) is 11.3 Å². The highest BCUT2D eigenvalue weighted by molar-refractivity contribution is 6.36. The number of pyridine rings is 1. The maximum atomic E-state index is 12.5. The topological polar surface area (TPSA) is 95.8 Å². The molecule has 0 saturated carbocycles. The van der Waals surface area contributed by atoms with Gasteiger partial charge in [0.25, 0.3) is 5.91 Å². The van der Waals surface area contributed by atoms with Gasteiger partial charge in [-0.1, -0.05) is 26.0 Å². The average Bonchev–Trinajstić information content (AvgIpc) is 2.82. The lowest BCUT2D eigenvalue weighted by molar-refractivity contribution is -0.274. The minimum absolute atomic E-state index is 0.0513. The van der Waals surface area contributed by atoms with Gasteiger partial charge in [0, 0.05) is 38.3 Å². The standard InChI is InChI=1S/C25H27F3N4O4/c1-15(2)22-20(17-5-7-19(8-6-17)36-25(26,27)28)11-18(12-29)23(30-22)31-9-10-32(16(3)13-31)24(34)21(33)14-35-4/h5-8,11,15-16H,9-10,13-14H2,1-4H3/t16-/m1/s1. The van der Waals surface area contributed by atoms with Crippen molar-refractivity contribution in [3.63, 3.8) is 0 Å². The third-order valence-corrected chi connectivity index (χ3v) is 5.80. The Labute approximate surface area is 207 Å². The number of Topliss-reactive ketones (excluding diaryl/α,β-unsaturated/α-hetero) is 1. The summed E-state index contributed by atoms with van der Waals surface area (Å²) in [4.78, 5) is 32.6. The van der Waals surface area contributed by atoms with Crippen LogP contribution in [0.25, 0.3) is 11.1 Å². The summed E-state index contributed by atoms with van der Waals surface area (Å²) in [6, 6.07) is 8.97. The van der Waals surface area contributed by atoms with Crippen molar-refractivity contribution >= 4 is 17.5 Å². The number of hydrogen-bond acceptors (Lipinski definition) is 7. The predicted molar refractivity (Wildman–Crippen MR) is 125 cm³/mol. The van der Waals surface area contributed by atoms with E-state index < -0.39 is 18.1 Å². The molecule has 192 valence electrons. The molecule has 0 bridgehead atoms. The van der Waals surface area contributed by atoms with Gasteiger partial charge >= 0.3 is 6.36 Å². The number of halogens is 3. The lowest BCUT2D eigenvalue weighted by Crippen LogP contribution is -2.56. The van der Waals surface area contributed by atoms with Crippen molar-refractivity contribution in [2.24, 2.45) is 0 Å². The average molecular weight is 505 g/mol. The van der Waals surface area contributed by atoms with E-state index in [1.807, 2.05) is 25.7 Å². The summed E-state index contributed by atoms with van der Waals surface area (Å²) < 4.78 is 46.2. The minimum atomic E-state index is -4.79. The first-order valence-corrected chi connectivity index (χ1v) is 11.3. The molecule has 0 spiro atoms. The molecule has 1 atom stereocenters. The zero-order chi connectivity index (χ0) is 26.6. The molecule has 2 aromatic rings. The van der Waals surface area contributed by atoms with Crippen molar-refractivity contribution in [3.05, 3.63) is 41.6 Å². The second-order valence-electron chi connectivity index (χ2n) is 8.78. The van der Waals surface area contributed by atoms with Gasteiger partial charge in [0.05, 0.1) is 11.3 Å². The molecular weight excluding hydrogens is 477 g/mol. The van der Waals surface area contributed by atoms with Gasteiger partial charge in [-0.05, 0) is 36.6 Å². The molecule has 0 aliphatic carbocycles. The fourth-order valence-corrected chi connectivity index (χ4v) is 4.15. The van der Waals surface area contributed by atoms with Gasteiger partial charge in [0.15, 0.2) is 0 Å². The molecule has 0 N–H and O–H groups in total. The lowest BCUT2D eigenvalue weighted by Gasteiger charge is -2.40. The molecule has 0 unspecified atom stereocenters. The van der Waals surface area contributed by atoms with Crippen molar-refractivity contribution in [2.45, 2.75) is 39.1 Å². The maximum absolute atomic E-state index is 12.5. The molecule has 1 amide bonds. The zero-order valence-electron chi connectivity index (χ0n) is 20.4. The number of carbonyl (C=O) groups is 2. The van der Waals surface area contributed by atoms with Crippen LogP contribution in [0.2, 0.25) is 0 Å². The molecule has 8 nitrogen and oxygen atoms in total. The van der Waals surface area contributed by atoms with Gasteiger partial charge in [0.2, 0.25) is 5.78 Å². The van der Waals surface area contributed by atoms with Crippen LogP contribution < -0.4 is 9.64 Å². The largest absolute Gasteiger partial charge is 0.573 e. The second-order valence-corrected chi connectivity index (χ2v) is 8.78. The van der Waals surface area contributed by atoms with Crippen LogP contribution in [-0.2, 0) is 14.3 Å². The normalized spacial score (nSPS) is 16.1. The highest BCUT2D eigenvalue weighted by atomic mass is 19.4. The number of benzene rings is 1. The first kappa shape index (κ1) is 26.9. The Morgan fingerprint density at radius 3 is 2.42 bits per heavy atom. The van der Waals surface area contributed by atoms with Crippen LogP contribution in [0.15, 0.2) is 30.3 Å². The first-order valence-electron chi connectivity index (χ1n) is 11.3. The van der Waals surface area contributed by atoms with E-state index in [1.54, 1.807) is 6.07 Å². The molecular formula is C25H27F3N4O4. The molecule has 36 heavy (non-hydrogen) atoms. The summed E-state index contributed by atoms with van der Waals surface area (Å²) in [5, 5.41) is 9.87. The minimum Gasteiger partial charge on any atom is -0.406 e. The number of ether oxygens (including phenoxy) is 2. The molecule has 0 radical (unpaired) electrons. The predicted octanol–water partition coefficient (Wildman–Crippen LogP) is 3.89. The number of anilines is 1. The molecule has 1 aromatic heterocycles. The van der Waals surface area contributed by atoms with Gasteiger partial charge in [-0.15, -0.1) is 13.2 Å². The van der Waals surface area contributed by atoms with Crippen LogP contribution in [0.5, 0.6) is 5.75 Å². The number of piperazine rings is 1. The number of nitrogens with zero attached hydrogens (tertiary/aromatic N) is 4. The maximum Gasteiger partial charge on any atom is 0.573 e. The summed E-state index contributed by atoms with van der Waals surface area (Å²) in [5.41, 5.74) is 2.21. The SMILES string of the molecule is COCC(=O)C(=O)N1CCN(c2nc(C(C)C)c(-c3ccc(OC(F)(F)F)cc3)cc2C#N)C[C@H]1C. The number of methoxy groups -OCH3 is 1. The van der Waals surface area contributed by atoms with Crippen LogP contribution in [-0.4, -0.2) is 67.3 Å². The third-order valence-electron chi connectivity index (χ3n) is 5.80. The fraction of sp³-hybridized carbons (Fsp3) is 0.440. The Balaban J connectivity index is 1.91. The summed E-state index contributed by atoms with van der Waals surface area (Å²) in [5.74, 6) is -1.15. The molecule has 1 saturated heterocycles. The Bertz CT molecular complexity index is 1160. The van der Waals surface area contributed by atoms with E-state index >= 15 is 0 Å². The van der Waals surface area contributed by atoms with E-state index in [0.29, 0.717) is 41.3 Å². The van der Waals surface area contributed by atoms with Gasteiger partial charge in [-0.25, -0.2) is 4.98 Å². The second kappa shape index (κ2) is 11.0. The van der Waals surface area contributed by atoms with Crippen LogP contribution in [0.1, 0.15) is 37.9 Å². The van der Waals surface area contributed by atoms with E-state index in [4.69, 9.17) is 9.72 Å². The van der Waals surface area contributed by atoms with Crippen LogP contribution in [0.4, 0.5) is 19.0 Å². The van der Waals surface area contributed by atoms with E-state index in [0.717, 1.165) is 0 Å². The quantitative estimate of drug-likeness (QED) is 0.528. The van der Waals surface area contributed by atoms with Crippen molar-refractivity contribution in [2.75, 3.05) is 38.3 Å². The molecule has 1 aliphatic heterocycles. The zero-order valence-corrected chi connectivity index (χ0v) is 20.4. The molecule has 2 heterocycles. The number of amides is 1. The number of rotatable bonds is 7. The number of ketones is 1. The highest BCUT2D eigenvalue weighted by Crippen LogP contribution is 2.34. The fourth-order valence-electron chi connectivity index (χ4n) is 4.15. The summed E-state index contributed by atoms with van der Waals surface area (Å²) in [6.45, 7) is 6.42. The Kier molecular flexibility index (Phi) is 8.20. The van der Waals surface area contributed by atoms with Crippen molar-refractivity contribution < 1.29 is 32.2 Å². The van der Waals surface area contributed by atoms with Crippen molar-refractivity contribution in [1.29, 1.82) is 5.26 Å². The number of alkyl halides is 3. The van der Waals surface area contributed by atoms with Gasteiger partial charge in [-0.3, -0.25) is 9.59 Å². The van der Waals surface area contributed by atoms with Crippen molar-refractivity contribution in [3.8, 4) is 22.9 Å². The Hall–Kier alpha value is -3.65. The molecule has 1 aromatic carbocycles. The Morgan fingerprint density at radius 2 is 1.89 bits per heavy atom. The first-order chi connectivity index (χ1) is 16.9. The van der Waals surface area contributed by atoms with E-state index in [2.05, 4.69) is 10.8 Å². The van der Waals surface area contributed by atoms with E-state index in [-0.39, 0.29) is 30.9 Å². The van der Waals surface area contributed by atoms with Crippen LogP contribution >= 0.6 is 0 Å². The molecule has 1 fully saturated rings. The Morgan fingerprint density at radius 1 is 1.22 bits per heavy atom. The lowest BCUT2D eigenvalue weighted by atomic mass is 9.95. The highest BCUT2D eigenvalue weighted by Gasteiger charge is 2.33. The number of hydrogen-bond donors (Lipinski definition) is 0. The van der Waals surface area contributed by atoms with E-state index in [9.17, 15) is 28.0 Å². The molecule has 3 rings (SSSR count). The van der Waals surface area contributed by atoms with Crippen molar-refractivity contribution in [1.82, 2.24) is 9.88 Å². The smallest absolute Gasteiger partial charge is 0.406 e. The van der Waals surface area contributed by atoms with Gasteiger partial charge in [-0.2, -0.15) is 5.26 Å². The summed E-state index contributed by atoms with van der Waals surface area (Å²) in [7, 11) is 1.35. The van der Waals surface area contributed by atoms with E-state index in [1.165, 1.54) is 36.3 Å². The molecule has 1 aliphatic rings. The van der Waals surface area contributed by atoms with Gasteiger partial charge in [0.1, 0.15) is 24.2 Å². The van der Waals surface area contributed by atoms with Gasteiger partial charge < -0.3 is 19.3 Å². The number of aromatic nitrogens is 1. The van der Waals surface area contributed by atoms with Crippen LogP contribution in [0.3, 0.4) is 0 Å². The molecule has 11 heteroatoms.